The van der Waals surface area contributed by atoms with Crippen LogP contribution in [0, 0.1) is 5.82 Å². The fourth-order valence-electron chi connectivity index (χ4n) is 5.03. The highest BCUT2D eigenvalue weighted by molar-refractivity contribution is 6.08. The highest BCUT2D eigenvalue weighted by Gasteiger charge is 2.59. The van der Waals surface area contributed by atoms with E-state index in [0.29, 0.717) is 13.0 Å². The van der Waals surface area contributed by atoms with Crippen molar-refractivity contribution in [3.8, 4) is 5.75 Å². The molecule has 2 aliphatic rings. The van der Waals surface area contributed by atoms with E-state index in [9.17, 15) is 14.0 Å². The maximum atomic E-state index is 14.7. The van der Waals surface area contributed by atoms with Crippen LogP contribution in [-0.4, -0.2) is 30.4 Å². The Morgan fingerprint density at radius 1 is 1.06 bits per heavy atom. The summed E-state index contributed by atoms with van der Waals surface area (Å²) in [6.07, 6.45) is 0.442. The van der Waals surface area contributed by atoms with Crippen LogP contribution < -0.4 is 10.1 Å². The van der Waals surface area contributed by atoms with E-state index >= 15 is 0 Å². The second kappa shape index (κ2) is 7.23. The van der Waals surface area contributed by atoms with E-state index in [4.69, 9.17) is 4.74 Å². The highest BCUT2D eigenvalue weighted by atomic mass is 19.1. The SMILES string of the molecule is COc1cccc(F)c1C(=O)N1CCC2(C(=O)Nc3ccccc32)C1c1ccccc1. The Morgan fingerprint density at radius 2 is 1.81 bits per heavy atom. The molecule has 156 valence electrons. The van der Waals surface area contributed by atoms with Gasteiger partial charge < -0.3 is 15.0 Å². The first-order valence-corrected chi connectivity index (χ1v) is 10.2. The number of carbonyl (C=O) groups excluding carboxylic acids is 2. The summed E-state index contributed by atoms with van der Waals surface area (Å²) in [5.74, 6) is -1.10. The van der Waals surface area contributed by atoms with Crippen molar-refractivity contribution in [1.82, 2.24) is 4.90 Å². The van der Waals surface area contributed by atoms with Crippen LogP contribution in [0.4, 0.5) is 10.1 Å². The minimum Gasteiger partial charge on any atom is -0.496 e. The van der Waals surface area contributed by atoms with Gasteiger partial charge in [-0.15, -0.1) is 0 Å². The lowest BCUT2D eigenvalue weighted by Crippen LogP contribution is -2.42. The summed E-state index contributed by atoms with van der Waals surface area (Å²) in [6.45, 7) is 0.317. The third-order valence-electron chi connectivity index (χ3n) is 6.37. The van der Waals surface area contributed by atoms with E-state index < -0.39 is 23.2 Å². The number of nitrogens with one attached hydrogen (secondary N) is 1. The smallest absolute Gasteiger partial charge is 0.261 e. The molecular weight excluding hydrogens is 395 g/mol. The summed E-state index contributed by atoms with van der Waals surface area (Å²) in [4.78, 5) is 28.7. The number of rotatable bonds is 3. The molecule has 5 rings (SSSR count). The number of halogens is 1. The van der Waals surface area contributed by atoms with Gasteiger partial charge in [-0.3, -0.25) is 9.59 Å². The van der Waals surface area contributed by atoms with Crippen molar-refractivity contribution in [1.29, 1.82) is 0 Å². The molecule has 0 aliphatic carbocycles. The van der Waals surface area contributed by atoms with Gasteiger partial charge >= 0.3 is 0 Å². The lowest BCUT2D eigenvalue weighted by molar-refractivity contribution is -0.121. The number of carbonyl (C=O) groups is 2. The Balaban J connectivity index is 1.69. The summed E-state index contributed by atoms with van der Waals surface area (Å²) in [5, 5.41) is 2.99. The van der Waals surface area contributed by atoms with Crippen molar-refractivity contribution < 1.29 is 18.7 Å². The first kappa shape index (κ1) is 19.3. The van der Waals surface area contributed by atoms with Crippen molar-refractivity contribution in [2.75, 3.05) is 19.0 Å². The summed E-state index contributed by atoms with van der Waals surface area (Å²) >= 11 is 0. The zero-order valence-corrected chi connectivity index (χ0v) is 17.0. The standard InChI is InChI=1S/C25H21FN2O3/c1-31-20-13-7-11-18(26)21(20)23(29)28-15-14-25(22(28)16-8-3-2-4-9-16)17-10-5-6-12-19(17)27-24(25)30/h2-13,22H,14-15H2,1H3,(H,27,30). The predicted octanol–water partition coefficient (Wildman–Crippen LogP) is 4.31. The van der Waals surface area contributed by atoms with Crippen LogP contribution in [0.2, 0.25) is 0 Å². The van der Waals surface area contributed by atoms with Crippen molar-refractivity contribution >= 4 is 17.5 Å². The number of ether oxygens (including phenoxy) is 1. The van der Waals surface area contributed by atoms with Gasteiger partial charge in [0.1, 0.15) is 22.5 Å². The number of nitrogens with zero attached hydrogens (tertiary/aromatic N) is 1. The van der Waals surface area contributed by atoms with Crippen LogP contribution in [0.5, 0.6) is 5.75 Å². The molecule has 3 aromatic rings. The molecule has 3 aromatic carbocycles. The van der Waals surface area contributed by atoms with Crippen LogP contribution >= 0.6 is 0 Å². The molecule has 1 saturated heterocycles. The summed E-state index contributed by atoms with van der Waals surface area (Å²) in [5.41, 5.74) is 1.40. The third-order valence-corrected chi connectivity index (χ3v) is 6.37. The number of amides is 2. The molecule has 0 aromatic heterocycles. The number of likely N-dealkylation sites (tertiary alicyclic amines) is 1. The largest absolute Gasteiger partial charge is 0.496 e. The lowest BCUT2D eigenvalue weighted by Gasteiger charge is -2.34. The Labute approximate surface area is 179 Å². The molecule has 2 heterocycles. The maximum Gasteiger partial charge on any atom is 0.261 e. The van der Waals surface area contributed by atoms with Crippen molar-refractivity contribution in [2.45, 2.75) is 17.9 Å². The topological polar surface area (TPSA) is 58.6 Å². The van der Waals surface area contributed by atoms with Crippen LogP contribution in [0.1, 0.15) is 33.9 Å². The Morgan fingerprint density at radius 3 is 2.58 bits per heavy atom. The van der Waals surface area contributed by atoms with Gasteiger partial charge in [-0.2, -0.15) is 0 Å². The number of fused-ring (bicyclic) bond motifs is 2. The Kier molecular flexibility index (Phi) is 4.50. The molecule has 1 spiro atoms. The zero-order chi connectivity index (χ0) is 21.6. The van der Waals surface area contributed by atoms with Gasteiger partial charge in [0.2, 0.25) is 5.91 Å². The van der Waals surface area contributed by atoms with Gasteiger partial charge in [0.25, 0.3) is 5.91 Å². The number of benzene rings is 3. The van der Waals surface area contributed by atoms with E-state index in [2.05, 4.69) is 5.32 Å². The predicted molar refractivity (Wildman–Crippen MR) is 115 cm³/mol. The molecule has 0 radical (unpaired) electrons. The number of hydrogen-bond donors (Lipinski definition) is 1. The van der Waals surface area contributed by atoms with Gasteiger partial charge in [-0.05, 0) is 35.7 Å². The lowest BCUT2D eigenvalue weighted by atomic mass is 9.72. The van der Waals surface area contributed by atoms with Gasteiger partial charge in [-0.25, -0.2) is 4.39 Å². The number of anilines is 1. The first-order valence-electron chi connectivity index (χ1n) is 10.2. The second-order valence-corrected chi connectivity index (χ2v) is 7.85. The molecule has 2 unspecified atom stereocenters. The van der Waals surface area contributed by atoms with Crippen LogP contribution in [0.25, 0.3) is 0 Å². The Bertz CT molecular complexity index is 1180. The second-order valence-electron chi connectivity index (χ2n) is 7.85. The molecule has 2 amide bonds. The molecule has 31 heavy (non-hydrogen) atoms. The number of para-hydroxylation sites is 1. The highest BCUT2D eigenvalue weighted by Crippen LogP contribution is 2.55. The molecule has 2 aliphatic heterocycles. The first-order chi connectivity index (χ1) is 15.1. The van der Waals surface area contributed by atoms with Crippen molar-refractivity contribution in [2.24, 2.45) is 0 Å². The quantitative estimate of drug-likeness (QED) is 0.692. The molecular formula is C25H21FN2O3. The maximum absolute atomic E-state index is 14.7. The van der Waals surface area contributed by atoms with E-state index in [1.54, 1.807) is 11.0 Å². The molecule has 5 nitrogen and oxygen atoms in total. The van der Waals surface area contributed by atoms with Gasteiger partial charge in [-0.1, -0.05) is 54.6 Å². The van der Waals surface area contributed by atoms with E-state index in [1.807, 2.05) is 54.6 Å². The van der Waals surface area contributed by atoms with Gasteiger partial charge in [0.05, 0.1) is 13.2 Å². The van der Waals surface area contributed by atoms with Crippen molar-refractivity contribution in [3.05, 3.63) is 95.3 Å². The fourth-order valence-corrected chi connectivity index (χ4v) is 5.03. The molecule has 1 N–H and O–H groups in total. The average Bonchev–Trinajstić information content (AvgIpc) is 3.33. The monoisotopic (exact) mass is 416 g/mol. The van der Waals surface area contributed by atoms with Crippen LogP contribution in [-0.2, 0) is 10.2 Å². The van der Waals surface area contributed by atoms with E-state index in [-0.39, 0.29) is 17.2 Å². The average molecular weight is 416 g/mol. The molecule has 6 heteroatoms. The molecule has 0 saturated carbocycles. The Hall–Kier alpha value is -3.67. The van der Waals surface area contributed by atoms with Gasteiger partial charge in [0.15, 0.2) is 0 Å². The molecule has 1 fully saturated rings. The number of hydrogen-bond acceptors (Lipinski definition) is 3. The zero-order valence-electron chi connectivity index (χ0n) is 17.0. The summed E-state index contributed by atoms with van der Waals surface area (Å²) in [7, 11) is 1.41. The third kappa shape index (κ3) is 2.75. The molecule has 0 bridgehead atoms. The minimum absolute atomic E-state index is 0.116. The van der Waals surface area contributed by atoms with Crippen LogP contribution in [0.15, 0.2) is 72.8 Å². The van der Waals surface area contributed by atoms with E-state index in [1.165, 1.54) is 19.2 Å². The summed E-state index contributed by atoms with van der Waals surface area (Å²) < 4.78 is 20.0. The van der Waals surface area contributed by atoms with Gasteiger partial charge in [0, 0.05) is 12.2 Å². The van der Waals surface area contributed by atoms with E-state index in [0.717, 1.165) is 16.8 Å². The number of methoxy groups -OCH3 is 1. The van der Waals surface area contributed by atoms with Crippen LogP contribution in [0.3, 0.4) is 0 Å². The van der Waals surface area contributed by atoms with Crippen molar-refractivity contribution in [3.63, 3.8) is 0 Å². The molecule has 2 atom stereocenters. The summed E-state index contributed by atoms with van der Waals surface area (Å²) in [6, 6.07) is 20.8. The normalized spacial score (nSPS) is 21.8. The fraction of sp³-hybridized carbons (Fsp3) is 0.200. The minimum atomic E-state index is -0.938.